The fourth-order valence-electron chi connectivity index (χ4n) is 5.09. The summed E-state index contributed by atoms with van der Waals surface area (Å²) in [5.74, 6) is -1.62. The van der Waals surface area contributed by atoms with Crippen LogP contribution < -0.4 is 10.9 Å². The van der Waals surface area contributed by atoms with Crippen LogP contribution in [0.4, 0.5) is 5.95 Å². The van der Waals surface area contributed by atoms with Gasteiger partial charge in [0.15, 0.2) is 11.2 Å². The monoisotopic (exact) mass is 621 g/mol. The average Bonchev–Trinajstić information content (AvgIpc) is 3.65. The Bertz CT molecular complexity index is 1970. The van der Waals surface area contributed by atoms with E-state index in [9.17, 15) is 19.2 Å². The summed E-state index contributed by atoms with van der Waals surface area (Å²) >= 11 is 0. The lowest BCUT2D eigenvalue weighted by Crippen LogP contribution is -2.32. The highest BCUT2D eigenvalue weighted by Crippen LogP contribution is 2.33. The van der Waals surface area contributed by atoms with Gasteiger partial charge in [0, 0.05) is 12.0 Å². The molecule has 46 heavy (non-hydrogen) atoms. The standard InChI is InChI=1S/C34H31N5O7/c1-19-4-10-22(11-5-19)30(40)37-34-36-29-28(31(41)38-34)39(18-35-29)27-16-25(46-33(43)24-14-8-21(3)9-15-24)26(45-27)17-44-32(42)23-12-6-20(2)7-13-23/h4-15,18,25-27H,16-17H2,1-3H3,(H2,36,37,38,40,41)/t25-,26+,27-/m0/s1. The molecule has 0 spiro atoms. The number of ether oxygens (including phenoxy) is 3. The van der Waals surface area contributed by atoms with Crippen molar-refractivity contribution < 1.29 is 28.6 Å². The number of H-pyrrole nitrogens is 1. The molecule has 0 aliphatic carbocycles. The minimum Gasteiger partial charge on any atom is -0.459 e. The maximum absolute atomic E-state index is 13.2. The lowest BCUT2D eigenvalue weighted by Gasteiger charge is -2.19. The zero-order chi connectivity index (χ0) is 32.4. The number of carbonyl (C=O) groups excluding carboxylic acids is 3. The van der Waals surface area contributed by atoms with Gasteiger partial charge in [0.1, 0.15) is 25.0 Å². The number of esters is 2. The van der Waals surface area contributed by atoms with Crippen molar-refractivity contribution in [1.82, 2.24) is 19.5 Å². The first-order valence-electron chi connectivity index (χ1n) is 14.7. The number of hydrogen-bond acceptors (Lipinski definition) is 9. The Balaban J connectivity index is 1.22. The van der Waals surface area contributed by atoms with Crippen LogP contribution >= 0.6 is 0 Å². The topological polar surface area (TPSA) is 155 Å². The summed E-state index contributed by atoms with van der Waals surface area (Å²) < 4.78 is 19.1. The van der Waals surface area contributed by atoms with Crippen LogP contribution in [0.5, 0.6) is 0 Å². The van der Waals surface area contributed by atoms with Gasteiger partial charge in [-0.1, -0.05) is 53.1 Å². The van der Waals surface area contributed by atoms with Crippen LogP contribution in [0.2, 0.25) is 0 Å². The Morgan fingerprint density at radius 3 is 2.04 bits per heavy atom. The summed E-state index contributed by atoms with van der Waals surface area (Å²) in [5, 5.41) is 2.60. The second kappa shape index (κ2) is 12.8. The van der Waals surface area contributed by atoms with Crippen molar-refractivity contribution in [2.75, 3.05) is 11.9 Å². The largest absolute Gasteiger partial charge is 0.459 e. The van der Waals surface area contributed by atoms with Gasteiger partial charge >= 0.3 is 11.9 Å². The van der Waals surface area contributed by atoms with Crippen LogP contribution in [0.1, 0.15) is 60.4 Å². The maximum atomic E-state index is 13.2. The number of rotatable bonds is 8. The molecule has 12 nitrogen and oxygen atoms in total. The highest BCUT2D eigenvalue weighted by molar-refractivity contribution is 6.03. The molecule has 0 unspecified atom stereocenters. The fraction of sp³-hybridized carbons (Fsp3) is 0.235. The molecule has 6 rings (SSSR count). The number of aryl methyl sites for hydroxylation is 3. The molecule has 5 aromatic rings. The molecule has 12 heteroatoms. The lowest BCUT2D eigenvalue weighted by molar-refractivity contribution is -0.0562. The normalized spacial score (nSPS) is 17.5. The number of nitrogens with zero attached hydrogens (tertiary/aromatic N) is 3. The summed E-state index contributed by atoms with van der Waals surface area (Å²) in [4.78, 5) is 62.9. The van der Waals surface area contributed by atoms with Crippen LogP contribution in [0, 0.1) is 20.8 Å². The number of nitrogens with one attached hydrogen (secondary N) is 2. The van der Waals surface area contributed by atoms with E-state index in [-0.39, 0.29) is 30.1 Å². The quantitative estimate of drug-likeness (QED) is 0.235. The molecule has 0 bridgehead atoms. The summed E-state index contributed by atoms with van der Waals surface area (Å²) in [6, 6.07) is 20.8. The highest BCUT2D eigenvalue weighted by Gasteiger charge is 2.41. The zero-order valence-corrected chi connectivity index (χ0v) is 25.4. The molecule has 3 aromatic carbocycles. The number of benzene rings is 3. The third-order valence-electron chi connectivity index (χ3n) is 7.69. The predicted molar refractivity (Wildman–Crippen MR) is 168 cm³/mol. The number of amides is 1. The smallest absolute Gasteiger partial charge is 0.338 e. The predicted octanol–water partition coefficient (Wildman–Crippen LogP) is 4.67. The van der Waals surface area contributed by atoms with Gasteiger partial charge in [-0.2, -0.15) is 4.98 Å². The van der Waals surface area contributed by atoms with Crippen molar-refractivity contribution in [2.24, 2.45) is 0 Å². The van der Waals surface area contributed by atoms with Crippen LogP contribution in [0.3, 0.4) is 0 Å². The van der Waals surface area contributed by atoms with E-state index >= 15 is 0 Å². The van der Waals surface area contributed by atoms with Gasteiger partial charge in [-0.25, -0.2) is 14.6 Å². The van der Waals surface area contributed by atoms with Gasteiger partial charge < -0.3 is 14.2 Å². The van der Waals surface area contributed by atoms with Gasteiger partial charge in [0.05, 0.1) is 17.5 Å². The van der Waals surface area contributed by atoms with Gasteiger partial charge in [-0.15, -0.1) is 0 Å². The highest BCUT2D eigenvalue weighted by atomic mass is 16.6. The van der Waals surface area contributed by atoms with Crippen LogP contribution in [-0.2, 0) is 14.2 Å². The summed E-state index contributed by atoms with van der Waals surface area (Å²) in [5.41, 5.74) is 3.74. The van der Waals surface area contributed by atoms with E-state index in [0.29, 0.717) is 16.7 Å². The second-order valence-corrected chi connectivity index (χ2v) is 11.2. The number of fused-ring (bicyclic) bond motifs is 1. The SMILES string of the molecule is Cc1ccc(C(=O)Nc2nc3ncn([C@@H]4C[C@H](OC(=O)c5ccc(C)cc5)[C@@H](COC(=O)c5ccc(C)cc5)O4)c3c(=O)[nH]2)cc1. The van der Waals surface area contributed by atoms with Crippen molar-refractivity contribution in [3.8, 4) is 0 Å². The van der Waals surface area contributed by atoms with Crippen molar-refractivity contribution in [3.63, 3.8) is 0 Å². The molecule has 1 fully saturated rings. The van der Waals surface area contributed by atoms with Crippen molar-refractivity contribution in [3.05, 3.63) is 123 Å². The lowest BCUT2D eigenvalue weighted by atomic mass is 10.1. The Morgan fingerprint density at radius 1 is 0.870 bits per heavy atom. The van der Waals surface area contributed by atoms with E-state index in [1.807, 2.05) is 20.8 Å². The number of hydrogen-bond donors (Lipinski definition) is 2. The summed E-state index contributed by atoms with van der Waals surface area (Å²) in [7, 11) is 0. The molecular weight excluding hydrogens is 590 g/mol. The summed E-state index contributed by atoms with van der Waals surface area (Å²) in [6.07, 6.45) is -0.933. The first-order valence-corrected chi connectivity index (χ1v) is 14.7. The van der Waals surface area contributed by atoms with E-state index in [2.05, 4.69) is 20.3 Å². The third kappa shape index (κ3) is 6.57. The first-order chi connectivity index (χ1) is 22.1. The number of carbonyl (C=O) groups is 3. The van der Waals surface area contributed by atoms with Crippen LogP contribution in [0.15, 0.2) is 83.9 Å². The minimum atomic E-state index is -0.841. The Morgan fingerprint density at radius 2 is 1.43 bits per heavy atom. The van der Waals surface area contributed by atoms with E-state index in [1.165, 1.54) is 10.9 Å². The van der Waals surface area contributed by atoms with Crippen LogP contribution in [0.25, 0.3) is 11.2 Å². The molecule has 1 saturated heterocycles. The number of aromatic amines is 1. The third-order valence-corrected chi connectivity index (χ3v) is 7.69. The summed E-state index contributed by atoms with van der Waals surface area (Å²) in [6.45, 7) is 5.54. The van der Waals surface area contributed by atoms with Crippen molar-refractivity contribution in [1.29, 1.82) is 0 Å². The van der Waals surface area contributed by atoms with Gasteiger partial charge in [-0.3, -0.25) is 24.5 Å². The van der Waals surface area contributed by atoms with E-state index in [1.54, 1.807) is 72.8 Å². The van der Waals surface area contributed by atoms with E-state index < -0.39 is 41.8 Å². The molecule has 1 amide bonds. The maximum Gasteiger partial charge on any atom is 0.338 e. The molecular formula is C34H31N5O7. The molecule has 234 valence electrons. The van der Waals surface area contributed by atoms with Crippen molar-refractivity contribution >= 4 is 35.0 Å². The van der Waals surface area contributed by atoms with E-state index in [4.69, 9.17) is 14.2 Å². The molecule has 3 heterocycles. The number of anilines is 1. The average molecular weight is 622 g/mol. The molecule has 0 saturated carbocycles. The van der Waals surface area contributed by atoms with E-state index in [0.717, 1.165) is 16.7 Å². The van der Waals surface area contributed by atoms with Crippen molar-refractivity contribution in [2.45, 2.75) is 45.6 Å². The Kier molecular flexibility index (Phi) is 8.45. The Hall–Kier alpha value is -5.62. The molecule has 2 aromatic heterocycles. The second-order valence-electron chi connectivity index (χ2n) is 11.2. The molecule has 2 N–H and O–H groups in total. The minimum absolute atomic E-state index is 0.0635. The first kappa shape index (κ1) is 30.4. The molecule has 3 atom stereocenters. The molecule has 1 aliphatic heterocycles. The number of aromatic nitrogens is 4. The van der Waals surface area contributed by atoms with Gasteiger partial charge in [-0.05, 0) is 57.2 Å². The fourth-order valence-corrected chi connectivity index (χ4v) is 5.09. The Labute approximate surface area is 263 Å². The zero-order valence-electron chi connectivity index (χ0n) is 25.4. The van der Waals surface area contributed by atoms with Crippen LogP contribution in [-0.4, -0.2) is 56.2 Å². The number of imidazole rings is 1. The molecule has 0 radical (unpaired) electrons. The molecule has 1 aliphatic rings. The van der Waals surface area contributed by atoms with Gasteiger partial charge in [0.2, 0.25) is 5.95 Å². The van der Waals surface area contributed by atoms with Gasteiger partial charge in [0.25, 0.3) is 11.5 Å².